The van der Waals surface area contributed by atoms with E-state index < -0.39 is 10.0 Å². The van der Waals surface area contributed by atoms with E-state index >= 15 is 0 Å². The lowest BCUT2D eigenvalue weighted by molar-refractivity contribution is -0.126. The summed E-state index contributed by atoms with van der Waals surface area (Å²) >= 11 is 6.20. The molecule has 0 bridgehead atoms. The Bertz CT molecular complexity index is 1240. The number of sulfonamides is 1. The second-order valence-corrected chi connectivity index (χ2v) is 10.5. The minimum absolute atomic E-state index is 0.0648. The van der Waals surface area contributed by atoms with Crippen molar-refractivity contribution in [2.24, 2.45) is 5.92 Å². The predicted molar refractivity (Wildman–Crippen MR) is 129 cm³/mol. The molecule has 0 saturated heterocycles. The lowest BCUT2D eigenvalue weighted by atomic mass is 9.86. The van der Waals surface area contributed by atoms with Crippen LogP contribution in [0.25, 0.3) is 11.3 Å². The van der Waals surface area contributed by atoms with Crippen molar-refractivity contribution in [1.29, 1.82) is 0 Å². The number of nitrogens with one attached hydrogen (secondary N) is 2. The zero-order valence-electron chi connectivity index (χ0n) is 18.4. The average molecular weight is 502 g/mol. The largest absolute Gasteiger partial charge is 0.352 e. The molecule has 0 atom stereocenters. The van der Waals surface area contributed by atoms with E-state index in [9.17, 15) is 17.6 Å². The van der Waals surface area contributed by atoms with E-state index in [4.69, 9.17) is 11.6 Å². The van der Waals surface area contributed by atoms with E-state index in [-0.39, 0.29) is 28.6 Å². The second-order valence-electron chi connectivity index (χ2n) is 8.37. The van der Waals surface area contributed by atoms with Crippen LogP contribution in [0.4, 0.5) is 4.39 Å². The molecule has 0 radical (unpaired) electrons. The number of amides is 1. The fraction of sp³-hybridized carbons (Fsp3) is 0.280. The standard InChI is InChI=1S/C25H25ClFN3O3S/c26-23-4-2-1-3-22(23)24-14-13-21(16-28-24)34(32,33)30-20-11-7-18(8-12-20)25(31)29-15-17-5-9-19(27)10-6-17/h1-6,9-10,13-14,16,18,20,30H,7-8,11-12,15H2,(H,29,31). The number of carbonyl (C=O) groups excluding carboxylic acids is 1. The molecule has 1 heterocycles. The molecular weight excluding hydrogens is 477 g/mol. The van der Waals surface area contributed by atoms with Crippen molar-refractivity contribution in [3.05, 3.63) is 83.3 Å². The number of halogens is 2. The maximum absolute atomic E-state index is 13.0. The van der Waals surface area contributed by atoms with Gasteiger partial charge in [-0.25, -0.2) is 17.5 Å². The molecule has 1 aliphatic carbocycles. The van der Waals surface area contributed by atoms with Crippen molar-refractivity contribution < 1.29 is 17.6 Å². The number of nitrogens with zero attached hydrogens (tertiary/aromatic N) is 1. The summed E-state index contributed by atoms with van der Waals surface area (Å²) in [5.41, 5.74) is 2.15. The summed E-state index contributed by atoms with van der Waals surface area (Å²) in [6, 6.07) is 16.1. The van der Waals surface area contributed by atoms with Gasteiger partial charge in [-0.05, 0) is 61.6 Å². The van der Waals surface area contributed by atoms with Gasteiger partial charge in [0.2, 0.25) is 15.9 Å². The summed E-state index contributed by atoms with van der Waals surface area (Å²) in [4.78, 5) is 16.8. The first-order valence-corrected chi connectivity index (χ1v) is 12.9. The lowest BCUT2D eigenvalue weighted by Gasteiger charge is -2.28. The van der Waals surface area contributed by atoms with Crippen LogP contribution in [0.15, 0.2) is 71.8 Å². The quantitative estimate of drug-likeness (QED) is 0.491. The van der Waals surface area contributed by atoms with E-state index in [1.165, 1.54) is 24.4 Å². The molecule has 0 spiro atoms. The third-order valence-electron chi connectivity index (χ3n) is 6.00. The zero-order valence-corrected chi connectivity index (χ0v) is 19.9. The minimum Gasteiger partial charge on any atom is -0.352 e. The lowest BCUT2D eigenvalue weighted by Crippen LogP contribution is -2.40. The number of hydrogen-bond donors (Lipinski definition) is 2. The normalized spacial score (nSPS) is 18.4. The molecule has 1 amide bonds. The Morgan fingerprint density at radius 3 is 2.35 bits per heavy atom. The minimum atomic E-state index is -3.73. The molecule has 1 aromatic heterocycles. The van der Waals surface area contributed by atoms with E-state index in [0.717, 1.165) is 11.1 Å². The van der Waals surface area contributed by atoms with E-state index in [1.807, 2.05) is 18.2 Å². The Morgan fingerprint density at radius 1 is 1.00 bits per heavy atom. The van der Waals surface area contributed by atoms with Gasteiger partial charge in [-0.3, -0.25) is 9.78 Å². The van der Waals surface area contributed by atoms with E-state index in [2.05, 4.69) is 15.0 Å². The van der Waals surface area contributed by atoms with Crippen LogP contribution >= 0.6 is 11.6 Å². The van der Waals surface area contributed by atoms with Gasteiger partial charge < -0.3 is 5.32 Å². The highest BCUT2D eigenvalue weighted by molar-refractivity contribution is 7.89. The molecule has 9 heteroatoms. The summed E-state index contributed by atoms with van der Waals surface area (Å²) in [7, 11) is -3.73. The first-order chi connectivity index (χ1) is 16.3. The topological polar surface area (TPSA) is 88.2 Å². The zero-order chi connectivity index (χ0) is 24.1. The molecule has 34 heavy (non-hydrogen) atoms. The van der Waals surface area contributed by atoms with Gasteiger partial charge in [0.15, 0.2) is 0 Å². The third kappa shape index (κ3) is 6.00. The van der Waals surface area contributed by atoms with Crippen LogP contribution in [0.2, 0.25) is 5.02 Å². The van der Waals surface area contributed by atoms with Crippen LogP contribution in [0.1, 0.15) is 31.2 Å². The number of aromatic nitrogens is 1. The molecule has 4 rings (SSSR count). The second kappa shape index (κ2) is 10.6. The van der Waals surface area contributed by atoms with Crippen LogP contribution in [-0.4, -0.2) is 25.4 Å². The van der Waals surface area contributed by atoms with Gasteiger partial charge in [-0.2, -0.15) is 0 Å². The average Bonchev–Trinajstić information content (AvgIpc) is 2.84. The predicted octanol–water partition coefficient (Wildman–Crippen LogP) is 4.69. The molecule has 1 fully saturated rings. The molecule has 178 valence electrons. The SMILES string of the molecule is O=C(NCc1ccc(F)cc1)C1CCC(NS(=O)(=O)c2ccc(-c3ccccc3Cl)nc2)CC1. The van der Waals surface area contributed by atoms with E-state index in [0.29, 0.717) is 42.9 Å². The number of hydrogen-bond acceptors (Lipinski definition) is 4. The molecule has 6 nitrogen and oxygen atoms in total. The smallest absolute Gasteiger partial charge is 0.242 e. The molecule has 0 aliphatic heterocycles. The highest BCUT2D eigenvalue weighted by Gasteiger charge is 2.29. The summed E-state index contributed by atoms with van der Waals surface area (Å²) in [5.74, 6) is -0.550. The van der Waals surface area contributed by atoms with Crippen molar-refractivity contribution in [3.63, 3.8) is 0 Å². The van der Waals surface area contributed by atoms with Gasteiger partial charge in [-0.15, -0.1) is 0 Å². The van der Waals surface area contributed by atoms with Gasteiger partial charge in [0.1, 0.15) is 10.7 Å². The Morgan fingerprint density at radius 2 is 1.71 bits per heavy atom. The van der Waals surface area contributed by atoms with Crippen molar-refractivity contribution in [3.8, 4) is 11.3 Å². The third-order valence-corrected chi connectivity index (χ3v) is 7.83. The Balaban J connectivity index is 1.29. The Kier molecular flexibility index (Phi) is 7.60. The number of rotatable bonds is 7. The van der Waals surface area contributed by atoms with Crippen LogP contribution in [-0.2, 0) is 21.4 Å². The molecule has 3 aromatic rings. The van der Waals surface area contributed by atoms with E-state index in [1.54, 1.807) is 24.3 Å². The van der Waals surface area contributed by atoms with Gasteiger partial charge in [0.05, 0.1) is 5.69 Å². The van der Waals surface area contributed by atoms with Crippen molar-refractivity contribution in [2.45, 2.75) is 43.2 Å². The number of carbonyl (C=O) groups is 1. The van der Waals surface area contributed by atoms with Gasteiger partial charge in [-0.1, -0.05) is 41.9 Å². The van der Waals surface area contributed by atoms with Crippen LogP contribution in [0, 0.1) is 11.7 Å². The first-order valence-electron chi connectivity index (χ1n) is 11.1. The summed E-state index contributed by atoms with van der Waals surface area (Å²) in [6.45, 7) is 0.336. The van der Waals surface area contributed by atoms with Crippen molar-refractivity contribution in [1.82, 2.24) is 15.0 Å². The number of benzene rings is 2. The first kappa shape index (κ1) is 24.3. The molecule has 1 saturated carbocycles. The summed E-state index contributed by atoms with van der Waals surface area (Å²) in [5, 5.41) is 3.43. The molecule has 2 aromatic carbocycles. The van der Waals surface area contributed by atoms with Crippen molar-refractivity contribution >= 4 is 27.5 Å². The van der Waals surface area contributed by atoms with Gasteiger partial charge >= 0.3 is 0 Å². The summed E-state index contributed by atoms with van der Waals surface area (Å²) in [6.07, 6.45) is 3.64. The molecule has 2 N–H and O–H groups in total. The van der Waals surface area contributed by atoms with Crippen LogP contribution in [0.3, 0.4) is 0 Å². The van der Waals surface area contributed by atoms with Crippen molar-refractivity contribution in [2.75, 3.05) is 0 Å². The highest BCUT2D eigenvalue weighted by atomic mass is 35.5. The highest BCUT2D eigenvalue weighted by Crippen LogP contribution is 2.28. The fourth-order valence-corrected chi connectivity index (χ4v) is 5.55. The molecule has 0 unspecified atom stereocenters. The van der Waals surface area contributed by atoms with Gasteiger partial charge in [0, 0.05) is 35.3 Å². The monoisotopic (exact) mass is 501 g/mol. The molecule has 1 aliphatic rings. The van der Waals surface area contributed by atoms with Crippen LogP contribution in [0.5, 0.6) is 0 Å². The maximum Gasteiger partial charge on any atom is 0.242 e. The number of pyridine rings is 1. The van der Waals surface area contributed by atoms with Crippen LogP contribution < -0.4 is 10.0 Å². The maximum atomic E-state index is 13.0. The molecular formula is C25H25ClFN3O3S. The fourth-order valence-electron chi connectivity index (χ4n) is 4.06. The Labute approximate surface area is 203 Å². The Hall–Kier alpha value is -2.81. The summed E-state index contributed by atoms with van der Waals surface area (Å²) < 4.78 is 41.4. The van der Waals surface area contributed by atoms with Gasteiger partial charge in [0.25, 0.3) is 0 Å².